The second-order valence-corrected chi connectivity index (χ2v) is 6.30. The van der Waals surface area contributed by atoms with Crippen molar-refractivity contribution in [3.05, 3.63) is 40.7 Å². The average Bonchev–Trinajstić information content (AvgIpc) is 3.30. The van der Waals surface area contributed by atoms with Crippen LogP contribution < -0.4 is 4.74 Å². The summed E-state index contributed by atoms with van der Waals surface area (Å²) in [7, 11) is 0. The summed E-state index contributed by atoms with van der Waals surface area (Å²) in [4.78, 5) is 11.7. The van der Waals surface area contributed by atoms with Gasteiger partial charge < -0.3 is 9.47 Å². The van der Waals surface area contributed by atoms with E-state index in [0.29, 0.717) is 29.6 Å². The van der Waals surface area contributed by atoms with Crippen LogP contribution in [0, 0.1) is 25.2 Å². The highest BCUT2D eigenvalue weighted by molar-refractivity contribution is 5.69. The number of benzene rings is 1. The van der Waals surface area contributed by atoms with Crippen molar-refractivity contribution in [2.45, 2.75) is 46.1 Å². The summed E-state index contributed by atoms with van der Waals surface area (Å²) in [5.41, 5.74) is 3.31. The number of aryl methyl sites for hydroxylation is 2. The Morgan fingerprint density at radius 3 is 2.60 bits per heavy atom. The molecule has 0 spiro atoms. The Morgan fingerprint density at radius 2 is 2.04 bits per heavy atom. The Labute approximate surface area is 147 Å². The van der Waals surface area contributed by atoms with Crippen molar-refractivity contribution in [3.63, 3.8) is 0 Å². The number of hydrogen-bond donors (Lipinski definition) is 0. The van der Waals surface area contributed by atoms with E-state index in [1.807, 2.05) is 26.0 Å². The third kappa shape index (κ3) is 3.82. The van der Waals surface area contributed by atoms with E-state index in [-0.39, 0.29) is 12.5 Å². The van der Waals surface area contributed by atoms with E-state index in [4.69, 9.17) is 9.47 Å². The van der Waals surface area contributed by atoms with Gasteiger partial charge in [-0.15, -0.1) is 0 Å². The van der Waals surface area contributed by atoms with Crippen LogP contribution in [-0.2, 0) is 16.1 Å². The first-order valence-corrected chi connectivity index (χ1v) is 8.44. The molecular formula is C19H21N3O3. The first-order valence-electron chi connectivity index (χ1n) is 8.44. The fourth-order valence-corrected chi connectivity index (χ4v) is 2.84. The van der Waals surface area contributed by atoms with E-state index in [9.17, 15) is 10.1 Å². The second kappa shape index (κ2) is 6.98. The van der Waals surface area contributed by atoms with Crippen molar-refractivity contribution < 1.29 is 14.3 Å². The van der Waals surface area contributed by atoms with Crippen LogP contribution in [0.15, 0.2) is 18.3 Å². The molecule has 6 heteroatoms. The third-order valence-electron chi connectivity index (χ3n) is 4.16. The second-order valence-electron chi connectivity index (χ2n) is 6.30. The molecule has 0 aliphatic heterocycles. The average molecular weight is 339 g/mol. The van der Waals surface area contributed by atoms with E-state index in [1.54, 1.807) is 17.8 Å². The lowest BCUT2D eigenvalue weighted by molar-refractivity contribution is -0.144. The minimum Gasteiger partial charge on any atom is -0.465 e. The molecule has 2 aromatic rings. The summed E-state index contributed by atoms with van der Waals surface area (Å²) in [6, 6.07) is 5.91. The SMILES string of the molecule is CCOC(=O)Cn1cc(Oc2cc(C)c(C#N)c(C)c2)c(C2CC2)n1. The van der Waals surface area contributed by atoms with Gasteiger partial charge in [0.2, 0.25) is 0 Å². The quantitative estimate of drug-likeness (QED) is 0.751. The molecule has 3 rings (SSSR count). The standard InChI is InChI=1S/C19H21N3O3/c1-4-24-18(23)11-22-10-17(19(21-22)14-5-6-14)25-15-7-12(2)16(9-20)13(3)8-15/h7-8,10,14H,4-6,11H2,1-3H3. The number of nitrogens with zero attached hydrogens (tertiary/aromatic N) is 3. The Bertz CT molecular complexity index is 821. The summed E-state index contributed by atoms with van der Waals surface area (Å²) in [6.45, 7) is 5.99. The predicted octanol–water partition coefficient (Wildman–Crippen LogP) is 3.60. The summed E-state index contributed by atoms with van der Waals surface area (Å²) in [6.07, 6.45) is 3.91. The Balaban J connectivity index is 1.85. The molecule has 0 amide bonds. The first-order chi connectivity index (χ1) is 12.0. The summed E-state index contributed by atoms with van der Waals surface area (Å²) < 4.78 is 12.6. The number of ether oxygens (including phenoxy) is 2. The van der Waals surface area contributed by atoms with Gasteiger partial charge in [-0.1, -0.05) is 0 Å². The molecule has 0 radical (unpaired) electrons. The zero-order chi connectivity index (χ0) is 18.0. The number of hydrogen-bond acceptors (Lipinski definition) is 5. The van der Waals surface area contributed by atoms with Crippen LogP contribution in [0.1, 0.15) is 48.1 Å². The minimum absolute atomic E-state index is 0.0718. The molecule has 25 heavy (non-hydrogen) atoms. The van der Waals surface area contributed by atoms with Crippen LogP contribution >= 0.6 is 0 Å². The van der Waals surface area contributed by atoms with Crippen molar-refractivity contribution in [1.82, 2.24) is 9.78 Å². The molecule has 6 nitrogen and oxygen atoms in total. The number of carbonyl (C=O) groups is 1. The molecule has 0 unspecified atom stereocenters. The molecule has 1 saturated carbocycles. The van der Waals surface area contributed by atoms with Gasteiger partial charge in [-0.3, -0.25) is 9.48 Å². The third-order valence-corrected chi connectivity index (χ3v) is 4.16. The van der Waals surface area contributed by atoms with Crippen molar-refractivity contribution in [2.24, 2.45) is 0 Å². The van der Waals surface area contributed by atoms with Crippen LogP contribution in [0.3, 0.4) is 0 Å². The van der Waals surface area contributed by atoms with Crippen LogP contribution in [0.4, 0.5) is 0 Å². The largest absolute Gasteiger partial charge is 0.465 e. The van der Waals surface area contributed by atoms with E-state index in [0.717, 1.165) is 29.7 Å². The van der Waals surface area contributed by atoms with Crippen molar-refractivity contribution in [1.29, 1.82) is 5.26 Å². The van der Waals surface area contributed by atoms with Gasteiger partial charge in [-0.2, -0.15) is 10.4 Å². The summed E-state index contributed by atoms with van der Waals surface area (Å²) in [5.74, 6) is 1.41. The monoisotopic (exact) mass is 339 g/mol. The molecular weight excluding hydrogens is 318 g/mol. The molecule has 0 atom stereocenters. The van der Waals surface area contributed by atoms with Crippen molar-refractivity contribution in [3.8, 4) is 17.6 Å². The van der Waals surface area contributed by atoms with Gasteiger partial charge in [0.25, 0.3) is 0 Å². The minimum atomic E-state index is -0.316. The number of esters is 1. The van der Waals surface area contributed by atoms with E-state index >= 15 is 0 Å². The van der Waals surface area contributed by atoms with Gasteiger partial charge in [0, 0.05) is 5.92 Å². The number of rotatable bonds is 6. The lowest BCUT2D eigenvalue weighted by Gasteiger charge is -2.09. The number of nitriles is 1. The van der Waals surface area contributed by atoms with Gasteiger partial charge in [0.05, 0.1) is 24.4 Å². The molecule has 0 saturated heterocycles. The van der Waals surface area contributed by atoms with E-state index < -0.39 is 0 Å². The molecule has 1 heterocycles. The zero-order valence-corrected chi connectivity index (χ0v) is 14.7. The van der Waals surface area contributed by atoms with Gasteiger partial charge in [0.1, 0.15) is 18.0 Å². The molecule has 130 valence electrons. The molecule has 1 fully saturated rings. The van der Waals surface area contributed by atoms with Crippen LogP contribution in [0.2, 0.25) is 0 Å². The normalized spacial score (nSPS) is 13.4. The highest BCUT2D eigenvalue weighted by Gasteiger charge is 2.31. The Hall–Kier alpha value is -2.81. The van der Waals surface area contributed by atoms with Gasteiger partial charge in [-0.25, -0.2) is 0 Å². The van der Waals surface area contributed by atoms with Crippen LogP contribution in [-0.4, -0.2) is 22.4 Å². The smallest absolute Gasteiger partial charge is 0.327 e. The summed E-state index contributed by atoms with van der Waals surface area (Å²) in [5, 5.41) is 13.7. The predicted molar refractivity (Wildman–Crippen MR) is 91.5 cm³/mol. The molecule has 1 aliphatic carbocycles. The maximum Gasteiger partial charge on any atom is 0.327 e. The fraction of sp³-hybridized carbons (Fsp3) is 0.421. The molecule has 0 N–H and O–H groups in total. The Kier molecular flexibility index (Phi) is 4.75. The molecule has 1 aromatic carbocycles. The molecule has 1 aromatic heterocycles. The highest BCUT2D eigenvalue weighted by Crippen LogP contribution is 2.44. The maximum absolute atomic E-state index is 11.7. The topological polar surface area (TPSA) is 77.1 Å². The highest BCUT2D eigenvalue weighted by atomic mass is 16.5. The van der Waals surface area contributed by atoms with Crippen LogP contribution in [0.5, 0.6) is 11.5 Å². The van der Waals surface area contributed by atoms with Gasteiger partial charge in [0.15, 0.2) is 5.75 Å². The molecule has 0 bridgehead atoms. The lowest BCUT2D eigenvalue weighted by Crippen LogP contribution is -2.13. The first kappa shape index (κ1) is 17.0. The fourth-order valence-electron chi connectivity index (χ4n) is 2.84. The zero-order valence-electron chi connectivity index (χ0n) is 14.7. The molecule has 1 aliphatic rings. The van der Waals surface area contributed by atoms with Gasteiger partial charge in [-0.05, 0) is 56.9 Å². The summed E-state index contributed by atoms with van der Waals surface area (Å²) >= 11 is 0. The van der Waals surface area contributed by atoms with Crippen LogP contribution in [0.25, 0.3) is 0 Å². The van der Waals surface area contributed by atoms with Gasteiger partial charge >= 0.3 is 5.97 Å². The van der Waals surface area contributed by atoms with Crippen molar-refractivity contribution in [2.75, 3.05) is 6.61 Å². The van der Waals surface area contributed by atoms with E-state index in [1.165, 1.54) is 0 Å². The van der Waals surface area contributed by atoms with E-state index in [2.05, 4.69) is 11.2 Å². The number of carbonyl (C=O) groups excluding carboxylic acids is 1. The van der Waals surface area contributed by atoms with Crippen molar-refractivity contribution >= 4 is 5.97 Å². The lowest BCUT2D eigenvalue weighted by atomic mass is 10.0. The maximum atomic E-state index is 11.7. The Morgan fingerprint density at radius 1 is 1.36 bits per heavy atom. The number of aromatic nitrogens is 2.